The third-order valence-corrected chi connectivity index (χ3v) is 8.00. The first-order valence-electron chi connectivity index (χ1n) is 11.5. The zero-order valence-corrected chi connectivity index (χ0v) is 21.2. The number of carbonyl (C=O) groups is 1. The van der Waals surface area contributed by atoms with Crippen molar-refractivity contribution in [2.45, 2.75) is 37.8 Å². The molecule has 0 unspecified atom stereocenters. The summed E-state index contributed by atoms with van der Waals surface area (Å²) in [6, 6.07) is 11.9. The molecule has 4 aromatic heterocycles. The quantitative estimate of drug-likeness (QED) is 0.378. The van der Waals surface area contributed by atoms with Gasteiger partial charge in [0, 0.05) is 24.3 Å². The van der Waals surface area contributed by atoms with Gasteiger partial charge in [-0.15, -0.1) is 11.3 Å². The number of imidazole rings is 1. The fraction of sp³-hybridized carbons (Fsp3) is 0.292. The minimum atomic E-state index is -0.0159. The predicted molar refractivity (Wildman–Crippen MR) is 141 cm³/mol. The van der Waals surface area contributed by atoms with E-state index in [2.05, 4.69) is 46.2 Å². The van der Waals surface area contributed by atoms with Crippen LogP contribution in [0.3, 0.4) is 0 Å². The van der Waals surface area contributed by atoms with Crippen LogP contribution in [0.4, 0.5) is 5.82 Å². The summed E-state index contributed by atoms with van der Waals surface area (Å²) >= 11 is 4.89. The molecular weight excluding hydrogens is 528 g/mol. The number of hydrogen-bond donors (Lipinski definition) is 2. The van der Waals surface area contributed by atoms with Crippen LogP contribution in [0, 0.1) is 0 Å². The average molecular weight is 551 g/mol. The summed E-state index contributed by atoms with van der Waals surface area (Å²) in [7, 11) is 0. The van der Waals surface area contributed by atoms with Crippen LogP contribution in [0.15, 0.2) is 57.6 Å². The summed E-state index contributed by atoms with van der Waals surface area (Å²) in [6.07, 6.45) is 9.20. The number of pyridine rings is 2. The van der Waals surface area contributed by atoms with E-state index >= 15 is 0 Å². The largest absolute Gasteiger partial charge is 0.349 e. The number of anilines is 1. The van der Waals surface area contributed by atoms with Crippen molar-refractivity contribution in [2.24, 2.45) is 4.99 Å². The first kappa shape index (κ1) is 22.3. The maximum Gasteiger partial charge on any atom is 0.261 e. The standard InChI is InChI=1S/C24H23BrN8OS/c25-21-8-7-20(35-21)24(34)30-15-4-3-5-16(10-15)33-19-12-28-22(32-14-26-13-29-32)11-18(19)31-23(33)17-6-1-2-9-27-17/h1-2,6-9,11-12,14-16,29H,3-5,10,13H2,(H,30,34)/t15-,16+/m0/s1. The van der Waals surface area contributed by atoms with Crippen molar-refractivity contribution in [1.29, 1.82) is 0 Å². The van der Waals surface area contributed by atoms with Crippen molar-refractivity contribution in [3.8, 4) is 11.5 Å². The molecule has 2 atom stereocenters. The van der Waals surface area contributed by atoms with Crippen molar-refractivity contribution in [2.75, 3.05) is 11.7 Å². The molecule has 0 aromatic carbocycles. The first-order chi connectivity index (χ1) is 17.2. The number of halogens is 1. The Kier molecular flexibility index (Phi) is 6.05. The van der Waals surface area contributed by atoms with E-state index in [0.29, 0.717) is 6.67 Å². The highest BCUT2D eigenvalue weighted by Gasteiger charge is 2.29. The Balaban J connectivity index is 1.34. The van der Waals surface area contributed by atoms with E-state index in [1.807, 2.05) is 42.6 Å². The molecule has 0 radical (unpaired) electrons. The number of carbonyl (C=O) groups excluding carboxylic acids is 1. The van der Waals surface area contributed by atoms with E-state index in [1.54, 1.807) is 17.5 Å². The van der Waals surface area contributed by atoms with Gasteiger partial charge in [-0.05, 0) is 65.9 Å². The van der Waals surface area contributed by atoms with Gasteiger partial charge in [-0.1, -0.05) is 6.07 Å². The molecule has 5 heterocycles. The molecule has 1 aliphatic carbocycles. The van der Waals surface area contributed by atoms with Crippen LogP contribution in [0.5, 0.6) is 0 Å². The summed E-state index contributed by atoms with van der Waals surface area (Å²) in [5, 5.41) is 5.05. The minimum Gasteiger partial charge on any atom is -0.349 e. The lowest BCUT2D eigenvalue weighted by Gasteiger charge is -2.31. The highest BCUT2D eigenvalue weighted by Crippen LogP contribution is 2.36. The minimum absolute atomic E-state index is 0.0159. The van der Waals surface area contributed by atoms with Gasteiger partial charge < -0.3 is 9.88 Å². The molecule has 0 saturated heterocycles. The maximum absolute atomic E-state index is 12.8. The van der Waals surface area contributed by atoms with Crippen LogP contribution in [0.25, 0.3) is 22.6 Å². The van der Waals surface area contributed by atoms with Gasteiger partial charge in [0.2, 0.25) is 0 Å². The Morgan fingerprint density at radius 3 is 2.91 bits per heavy atom. The topological polar surface area (TPSA) is 100 Å². The van der Waals surface area contributed by atoms with Crippen molar-refractivity contribution >= 4 is 56.4 Å². The lowest BCUT2D eigenvalue weighted by atomic mass is 9.90. The SMILES string of the molecule is O=C(N[C@H]1CCC[C@@H](n2c(-c3ccccn3)nc3cc(N4C=NCN4)ncc32)C1)c1ccc(Br)s1. The van der Waals surface area contributed by atoms with E-state index in [9.17, 15) is 4.79 Å². The van der Waals surface area contributed by atoms with Gasteiger partial charge in [0.1, 0.15) is 18.7 Å². The maximum atomic E-state index is 12.8. The second kappa shape index (κ2) is 9.48. The number of hydrogen-bond acceptors (Lipinski definition) is 8. The van der Waals surface area contributed by atoms with Crippen molar-refractivity contribution in [3.05, 3.63) is 57.5 Å². The van der Waals surface area contributed by atoms with E-state index in [4.69, 9.17) is 4.98 Å². The summed E-state index contributed by atoms with van der Waals surface area (Å²) in [4.78, 5) is 32.0. The monoisotopic (exact) mass is 550 g/mol. The van der Waals surface area contributed by atoms with Crippen molar-refractivity contribution in [3.63, 3.8) is 0 Å². The van der Waals surface area contributed by atoms with E-state index in [-0.39, 0.29) is 18.0 Å². The molecular formula is C24H23BrN8OS. The molecule has 6 rings (SSSR count). The molecule has 178 valence electrons. The van der Waals surface area contributed by atoms with Gasteiger partial charge in [-0.2, -0.15) is 0 Å². The van der Waals surface area contributed by atoms with Gasteiger partial charge in [-0.3, -0.25) is 14.8 Å². The van der Waals surface area contributed by atoms with Gasteiger partial charge in [0.15, 0.2) is 11.6 Å². The average Bonchev–Trinajstić information content (AvgIpc) is 3.64. The van der Waals surface area contributed by atoms with E-state index in [1.165, 1.54) is 11.3 Å². The fourth-order valence-electron chi connectivity index (χ4n) is 4.80. The van der Waals surface area contributed by atoms with Crippen LogP contribution in [-0.2, 0) is 0 Å². The van der Waals surface area contributed by atoms with Crippen LogP contribution >= 0.6 is 27.3 Å². The smallest absolute Gasteiger partial charge is 0.261 e. The molecule has 4 aromatic rings. The molecule has 1 fully saturated rings. The summed E-state index contributed by atoms with van der Waals surface area (Å²) in [5.41, 5.74) is 5.79. The normalized spacial score (nSPS) is 20.0. The fourth-order valence-corrected chi connectivity index (χ4v) is 6.09. The molecule has 1 amide bonds. The number of nitrogens with one attached hydrogen (secondary N) is 2. The number of amides is 1. The molecule has 2 N–H and O–H groups in total. The third-order valence-electron chi connectivity index (χ3n) is 6.38. The van der Waals surface area contributed by atoms with Crippen LogP contribution in [0.2, 0.25) is 0 Å². The summed E-state index contributed by atoms with van der Waals surface area (Å²) in [6.45, 7) is 0.533. The Hall–Kier alpha value is -3.15. The highest BCUT2D eigenvalue weighted by molar-refractivity contribution is 9.11. The molecule has 0 bridgehead atoms. The lowest BCUT2D eigenvalue weighted by Crippen LogP contribution is -2.38. The third kappa shape index (κ3) is 4.46. The number of rotatable bonds is 5. The molecule has 0 spiro atoms. The zero-order valence-electron chi connectivity index (χ0n) is 18.8. The zero-order chi connectivity index (χ0) is 23.8. The van der Waals surface area contributed by atoms with Gasteiger partial charge in [0.25, 0.3) is 5.91 Å². The molecule has 35 heavy (non-hydrogen) atoms. The van der Waals surface area contributed by atoms with Gasteiger partial charge in [-0.25, -0.2) is 20.4 Å². The Morgan fingerprint density at radius 2 is 2.14 bits per heavy atom. The summed E-state index contributed by atoms with van der Waals surface area (Å²) in [5.74, 6) is 1.55. The Morgan fingerprint density at radius 1 is 1.20 bits per heavy atom. The predicted octanol–water partition coefficient (Wildman–Crippen LogP) is 4.54. The number of hydrazine groups is 1. The van der Waals surface area contributed by atoms with Crippen molar-refractivity contribution in [1.82, 2.24) is 30.3 Å². The second-order valence-corrected chi connectivity index (χ2v) is 11.1. The molecule has 11 heteroatoms. The lowest BCUT2D eigenvalue weighted by molar-refractivity contribution is 0.0925. The van der Waals surface area contributed by atoms with Crippen LogP contribution < -0.4 is 15.8 Å². The van der Waals surface area contributed by atoms with Gasteiger partial charge >= 0.3 is 0 Å². The molecule has 9 nitrogen and oxygen atoms in total. The number of fused-ring (bicyclic) bond motifs is 1. The molecule has 1 saturated carbocycles. The molecule has 1 aliphatic heterocycles. The Bertz CT molecular complexity index is 1400. The Labute approximate surface area is 214 Å². The number of nitrogens with zero attached hydrogens (tertiary/aromatic N) is 6. The number of aliphatic imine (C=N–C) groups is 1. The van der Waals surface area contributed by atoms with Crippen molar-refractivity contribution < 1.29 is 4.79 Å². The summed E-state index contributed by atoms with van der Waals surface area (Å²) < 4.78 is 3.22. The van der Waals surface area contributed by atoms with Gasteiger partial charge in [0.05, 0.1) is 25.9 Å². The van der Waals surface area contributed by atoms with Crippen LogP contribution in [-0.4, -0.2) is 44.5 Å². The molecule has 2 aliphatic rings. The number of thiophene rings is 1. The highest BCUT2D eigenvalue weighted by atomic mass is 79.9. The number of aromatic nitrogens is 4. The van der Waals surface area contributed by atoms with Crippen LogP contribution in [0.1, 0.15) is 41.4 Å². The van der Waals surface area contributed by atoms with E-state index < -0.39 is 0 Å². The first-order valence-corrected chi connectivity index (χ1v) is 13.1. The second-order valence-electron chi connectivity index (χ2n) is 8.63. The van der Waals surface area contributed by atoms with E-state index in [0.717, 1.165) is 62.7 Å².